The summed E-state index contributed by atoms with van der Waals surface area (Å²) >= 11 is 0. The lowest BCUT2D eigenvalue weighted by molar-refractivity contribution is -0.244. The third kappa shape index (κ3) is 11.3. The Bertz CT molecular complexity index is 2090. The summed E-state index contributed by atoms with van der Waals surface area (Å²) in [5, 5.41) is 5.14. The molecule has 2 heterocycles. The van der Waals surface area contributed by atoms with Gasteiger partial charge >= 0.3 is 12.3 Å². The molecule has 1 saturated heterocycles. The number of alkyl carbamates (subject to hydrolysis) is 1. The second-order valence-corrected chi connectivity index (χ2v) is 20.6. The van der Waals surface area contributed by atoms with E-state index in [2.05, 4.69) is 24.1 Å². The molecule has 3 fully saturated rings. The van der Waals surface area contributed by atoms with Gasteiger partial charge < -0.3 is 25.0 Å². The predicted octanol–water partition coefficient (Wildman–Crippen LogP) is 7.27. The summed E-state index contributed by atoms with van der Waals surface area (Å²) in [4.78, 5) is 62.8. The zero-order valence-corrected chi connectivity index (χ0v) is 38.1. The number of sulfonamides is 1. The molecule has 7 atom stereocenters. The molecule has 5 rings (SSSR count). The van der Waals surface area contributed by atoms with E-state index in [1.807, 2.05) is 49.8 Å². The summed E-state index contributed by atoms with van der Waals surface area (Å²) in [7, 11) is -4.47. The van der Waals surface area contributed by atoms with Crippen molar-refractivity contribution in [3.8, 4) is 0 Å². The van der Waals surface area contributed by atoms with Gasteiger partial charge in [0.05, 0.1) is 6.54 Å². The SMILES string of the molecule is C=C(CCC)N=C(OC1CC2C(=O)NC3(C(=O)NS(=O)(=O)C4(CF)CC4)CC3C=CCCC(C)CC(C)C(NC(=O)OC(C)(C)C(F)(F)F)C(=O)N2C1)c1ccc(CCC)cc1C. The zero-order valence-electron chi connectivity index (χ0n) is 37.3. The summed E-state index contributed by atoms with van der Waals surface area (Å²) in [6.45, 7) is 13.6. The van der Waals surface area contributed by atoms with Crippen molar-refractivity contribution in [2.45, 2.75) is 159 Å². The standard InChI is InChI=1S/C45H63F4N5O8S/c1-9-13-30(6)50-38(34-18-17-31(14-10-2)22-28(34)4)61-33-23-35-37(55)52-44(40(57)53-63(59,60)43(26-46)19-20-43)24-32(44)16-12-11-15-27(3)21-29(5)36(39(56)54(35)25-33)51-41(58)62-42(7,8)45(47,48)49/h12,16-18,22,27,29,32-33,35-36H,6,9-11,13-15,19-21,23-26H2,1-5,7-8H3,(H,51,58)(H,52,55)(H,53,57). The molecule has 1 aromatic rings. The number of carbonyl (C=O) groups excluding carboxylic acids is 4. The summed E-state index contributed by atoms with van der Waals surface area (Å²) in [6, 6.07) is 3.01. The first-order valence-electron chi connectivity index (χ1n) is 21.9. The highest BCUT2D eigenvalue weighted by molar-refractivity contribution is 7.91. The van der Waals surface area contributed by atoms with Crippen LogP contribution < -0.4 is 15.4 Å². The number of nitrogens with zero attached hydrogens (tertiary/aromatic N) is 2. The van der Waals surface area contributed by atoms with Crippen LogP contribution in [-0.2, 0) is 40.3 Å². The molecular weight excluding hydrogens is 847 g/mol. The summed E-state index contributed by atoms with van der Waals surface area (Å²) in [5.41, 5.74) is -1.55. The van der Waals surface area contributed by atoms with Crippen molar-refractivity contribution >= 4 is 39.7 Å². The number of hydrogen-bond donors (Lipinski definition) is 3. The van der Waals surface area contributed by atoms with Gasteiger partial charge in [-0.05, 0) is 101 Å². The largest absolute Gasteiger partial charge is 0.472 e. The van der Waals surface area contributed by atoms with Crippen LogP contribution in [0.15, 0.2) is 47.6 Å². The smallest absolute Gasteiger partial charge is 0.427 e. The average Bonchev–Trinajstić information content (AvgIpc) is 4.09. The van der Waals surface area contributed by atoms with Crippen molar-refractivity contribution in [1.82, 2.24) is 20.3 Å². The van der Waals surface area contributed by atoms with Gasteiger partial charge in [0.15, 0.2) is 0 Å². The van der Waals surface area contributed by atoms with Gasteiger partial charge in [-0.3, -0.25) is 19.1 Å². The van der Waals surface area contributed by atoms with E-state index >= 15 is 0 Å². The van der Waals surface area contributed by atoms with Crippen LogP contribution in [0.25, 0.3) is 0 Å². The fraction of sp³-hybridized carbons (Fsp3) is 0.667. The first kappa shape index (κ1) is 49.5. The van der Waals surface area contributed by atoms with E-state index in [9.17, 15) is 45.2 Å². The predicted molar refractivity (Wildman–Crippen MR) is 230 cm³/mol. The maximum Gasteiger partial charge on any atom is 0.427 e. The number of fused-ring (bicyclic) bond motifs is 2. The first-order chi connectivity index (χ1) is 29.4. The van der Waals surface area contributed by atoms with Crippen molar-refractivity contribution in [2.75, 3.05) is 13.2 Å². The molecule has 0 bridgehead atoms. The van der Waals surface area contributed by atoms with E-state index in [-0.39, 0.29) is 44.0 Å². The van der Waals surface area contributed by atoms with Crippen molar-refractivity contribution in [2.24, 2.45) is 22.7 Å². The molecule has 4 aliphatic rings. The van der Waals surface area contributed by atoms with Crippen LogP contribution in [0, 0.1) is 24.7 Å². The lowest BCUT2D eigenvalue weighted by Crippen LogP contribution is -2.60. The number of aryl methyl sites for hydroxylation is 2. The Kier molecular flexibility index (Phi) is 15.2. The molecule has 4 amide bonds. The van der Waals surface area contributed by atoms with E-state index in [0.29, 0.717) is 50.8 Å². The first-order valence-corrected chi connectivity index (χ1v) is 23.4. The van der Waals surface area contributed by atoms with E-state index in [4.69, 9.17) is 14.5 Å². The number of aliphatic imine (C=N–C) groups is 1. The monoisotopic (exact) mass is 909 g/mol. The number of carbonyl (C=O) groups is 4. The topological polar surface area (TPSA) is 173 Å². The zero-order chi connectivity index (χ0) is 46.7. The van der Waals surface area contributed by atoms with Crippen LogP contribution in [0.1, 0.15) is 122 Å². The van der Waals surface area contributed by atoms with E-state index in [0.717, 1.165) is 30.4 Å². The molecule has 7 unspecified atom stereocenters. The summed E-state index contributed by atoms with van der Waals surface area (Å²) < 4.78 is 93.7. The minimum Gasteiger partial charge on any atom is -0.472 e. The highest BCUT2D eigenvalue weighted by Gasteiger charge is 2.64. The Morgan fingerprint density at radius 2 is 1.79 bits per heavy atom. The second kappa shape index (κ2) is 19.3. The Morgan fingerprint density at radius 3 is 2.40 bits per heavy atom. The van der Waals surface area contributed by atoms with Gasteiger partial charge in [0.1, 0.15) is 35.1 Å². The van der Waals surface area contributed by atoms with Crippen molar-refractivity contribution in [1.29, 1.82) is 0 Å². The molecule has 350 valence electrons. The number of benzene rings is 1. The third-order valence-corrected chi connectivity index (χ3v) is 14.8. The van der Waals surface area contributed by atoms with E-state index < -0.39 is 92.6 Å². The van der Waals surface area contributed by atoms with Gasteiger partial charge in [-0.15, -0.1) is 0 Å². The lowest BCUT2D eigenvalue weighted by atomic mass is 9.88. The van der Waals surface area contributed by atoms with Gasteiger partial charge in [-0.2, -0.15) is 13.2 Å². The molecule has 0 spiro atoms. The second-order valence-electron chi connectivity index (χ2n) is 18.5. The minimum absolute atomic E-state index is 0.0149. The number of alkyl halides is 4. The molecule has 1 aromatic carbocycles. The highest BCUT2D eigenvalue weighted by atomic mass is 32.2. The van der Waals surface area contributed by atoms with Crippen LogP contribution in [-0.4, -0.2) is 96.5 Å². The number of nitrogens with one attached hydrogen (secondary N) is 3. The Hall–Kier alpha value is -4.48. The van der Waals surface area contributed by atoms with Crippen LogP contribution in [0.4, 0.5) is 22.4 Å². The number of hydrogen-bond acceptors (Lipinski definition) is 9. The van der Waals surface area contributed by atoms with Gasteiger partial charge in [0.2, 0.25) is 33.3 Å². The van der Waals surface area contributed by atoms with Crippen molar-refractivity contribution in [3.63, 3.8) is 0 Å². The molecule has 3 N–H and O–H groups in total. The van der Waals surface area contributed by atoms with Crippen molar-refractivity contribution < 1.29 is 54.6 Å². The molecular formula is C45H63F4N5O8S. The molecule has 2 aliphatic heterocycles. The number of amides is 4. The summed E-state index contributed by atoms with van der Waals surface area (Å²) in [5.74, 6) is -3.88. The fourth-order valence-electron chi connectivity index (χ4n) is 8.40. The third-order valence-electron chi connectivity index (χ3n) is 12.7. The summed E-state index contributed by atoms with van der Waals surface area (Å²) in [6.07, 6.45) is 0.599. The fourth-order valence-corrected chi connectivity index (χ4v) is 9.83. The molecule has 63 heavy (non-hydrogen) atoms. The van der Waals surface area contributed by atoms with Gasteiger partial charge in [0, 0.05) is 23.6 Å². The molecule has 0 radical (unpaired) electrons. The number of halogens is 4. The van der Waals surface area contributed by atoms with Crippen LogP contribution in [0.2, 0.25) is 0 Å². The van der Waals surface area contributed by atoms with E-state index in [1.54, 1.807) is 13.0 Å². The minimum atomic E-state index is -4.93. The van der Waals surface area contributed by atoms with Gasteiger partial charge in [-0.1, -0.05) is 71.4 Å². The molecule has 0 aromatic heterocycles. The average molecular weight is 910 g/mol. The van der Waals surface area contributed by atoms with E-state index in [1.165, 1.54) is 4.90 Å². The van der Waals surface area contributed by atoms with Gasteiger partial charge in [0.25, 0.3) is 5.91 Å². The molecule has 2 aliphatic carbocycles. The quantitative estimate of drug-likeness (QED) is 0.0803. The number of rotatable bonds is 13. The Balaban J connectivity index is 1.55. The maximum atomic E-state index is 14.9. The molecule has 2 saturated carbocycles. The Labute approximate surface area is 368 Å². The maximum absolute atomic E-state index is 14.9. The van der Waals surface area contributed by atoms with Crippen LogP contribution in [0.3, 0.4) is 0 Å². The van der Waals surface area contributed by atoms with Crippen molar-refractivity contribution in [3.05, 3.63) is 59.3 Å². The number of allylic oxidation sites excluding steroid dienone is 2. The Morgan fingerprint density at radius 1 is 1.10 bits per heavy atom. The molecule has 18 heteroatoms. The lowest BCUT2D eigenvalue weighted by Gasteiger charge is -2.34. The molecule has 13 nitrogen and oxygen atoms in total. The van der Waals surface area contributed by atoms with Crippen LogP contribution >= 0.6 is 0 Å². The number of ether oxygens (including phenoxy) is 2. The normalized spacial score (nSPS) is 27.8. The van der Waals surface area contributed by atoms with Gasteiger partial charge in [-0.25, -0.2) is 22.6 Å². The van der Waals surface area contributed by atoms with Crippen LogP contribution in [0.5, 0.6) is 0 Å². The highest BCUT2D eigenvalue weighted by Crippen LogP contribution is 2.48.